The van der Waals surface area contributed by atoms with E-state index in [2.05, 4.69) is 25.6 Å². The Balaban J connectivity index is 1.30. The Morgan fingerprint density at radius 2 is 1.67 bits per heavy atom. The van der Waals surface area contributed by atoms with Gasteiger partial charge >= 0.3 is 0 Å². The van der Waals surface area contributed by atoms with Crippen LogP contribution >= 0.6 is 0 Å². The number of carbonyl (C=O) groups is 1. The third-order valence-electron chi connectivity index (χ3n) is 5.52. The smallest absolute Gasteiger partial charge is 0.277 e. The first-order valence-electron chi connectivity index (χ1n) is 10.8. The lowest BCUT2D eigenvalue weighted by atomic mass is 10.1. The van der Waals surface area contributed by atoms with Gasteiger partial charge in [0, 0.05) is 13.0 Å². The van der Waals surface area contributed by atoms with Crippen LogP contribution in [-0.2, 0) is 11.3 Å². The van der Waals surface area contributed by atoms with E-state index in [1.165, 1.54) is 4.68 Å². The number of amides is 1. The van der Waals surface area contributed by atoms with E-state index in [0.717, 1.165) is 16.6 Å². The second-order valence-electron chi connectivity index (χ2n) is 7.79. The van der Waals surface area contributed by atoms with E-state index < -0.39 is 6.04 Å². The highest BCUT2D eigenvalue weighted by Crippen LogP contribution is 2.22. The number of nitrogens with zero attached hydrogens (tertiary/aromatic N) is 4. The van der Waals surface area contributed by atoms with Gasteiger partial charge in [-0.05, 0) is 36.2 Å². The van der Waals surface area contributed by atoms with E-state index in [4.69, 9.17) is 0 Å². The number of para-hydroxylation sites is 2. The van der Waals surface area contributed by atoms with Crippen LogP contribution in [0.3, 0.4) is 0 Å². The average Bonchev–Trinajstić information content (AvgIpc) is 3.29. The molecular weight excluding hydrogens is 416 g/mol. The van der Waals surface area contributed by atoms with Crippen molar-refractivity contribution in [3.8, 4) is 0 Å². The second-order valence-corrected chi connectivity index (χ2v) is 7.79. The number of aromatic amines is 1. The summed E-state index contributed by atoms with van der Waals surface area (Å²) in [5.74, 6) is 0.540. The third kappa shape index (κ3) is 4.36. The van der Waals surface area contributed by atoms with Crippen LogP contribution in [0, 0.1) is 0 Å². The van der Waals surface area contributed by atoms with Gasteiger partial charge in [-0.25, -0.2) is 9.67 Å². The Hall–Kier alpha value is -4.33. The minimum Gasteiger partial charge on any atom is -0.342 e. The highest BCUT2D eigenvalue weighted by atomic mass is 16.1. The van der Waals surface area contributed by atoms with Gasteiger partial charge < -0.3 is 10.3 Å². The quantitative estimate of drug-likeness (QED) is 0.405. The first kappa shape index (κ1) is 20.6. The number of aromatic nitrogens is 5. The van der Waals surface area contributed by atoms with Crippen molar-refractivity contribution >= 4 is 27.8 Å². The van der Waals surface area contributed by atoms with E-state index in [9.17, 15) is 9.59 Å². The number of H-pyrrole nitrogens is 1. The van der Waals surface area contributed by atoms with Crippen molar-refractivity contribution in [3.63, 3.8) is 0 Å². The Morgan fingerprint density at radius 1 is 0.939 bits per heavy atom. The minimum absolute atomic E-state index is 0.133. The van der Waals surface area contributed by atoms with Gasteiger partial charge in [0.25, 0.3) is 5.56 Å². The lowest BCUT2D eigenvalue weighted by molar-refractivity contribution is -0.121. The zero-order chi connectivity index (χ0) is 22.6. The molecule has 164 valence electrons. The van der Waals surface area contributed by atoms with Crippen LogP contribution in [0.1, 0.15) is 30.3 Å². The highest BCUT2D eigenvalue weighted by Gasteiger charge is 2.20. The minimum atomic E-state index is -0.408. The van der Waals surface area contributed by atoms with Gasteiger partial charge in [0.2, 0.25) is 5.91 Å². The Labute approximate surface area is 189 Å². The molecule has 0 aliphatic rings. The standard InChI is InChI=1S/C25H22N6O2/c32-22(15-8-16-31-25(33)18-11-4-5-12-19(18)29-30-31)28-23(17-9-2-1-3-10-17)24-26-20-13-6-7-14-21(20)27-24/h1-7,9-14,23H,8,15-16H2,(H,26,27)(H,28,32)/t23-/m0/s1. The molecule has 0 saturated heterocycles. The van der Waals surface area contributed by atoms with Gasteiger partial charge in [-0.3, -0.25) is 9.59 Å². The second kappa shape index (κ2) is 9.04. The molecule has 1 atom stereocenters. The molecule has 8 nitrogen and oxygen atoms in total. The molecule has 0 unspecified atom stereocenters. The van der Waals surface area contributed by atoms with Gasteiger partial charge in [0.15, 0.2) is 0 Å². The van der Waals surface area contributed by atoms with Crippen molar-refractivity contribution in [2.24, 2.45) is 0 Å². The van der Waals surface area contributed by atoms with Crippen LogP contribution in [0.2, 0.25) is 0 Å². The molecule has 3 aromatic carbocycles. The van der Waals surface area contributed by atoms with Crippen molar-refractivity contribution in [1.29, 1.82) is 0 Å². The lowest BCUT2D eigenvalue weighted by Gasteiger charge is -2.17. The zero-order valence-electron chi connectivity index (χ0n) is 17.8. The molecule has 0 fully saturated rings. The summed E-state index contributed by atoms with van der Waals surface area (Å²) in [6.07, 6.45) is 0.699. The molecule has 0 spiro atoms. The Kier molecular flexibility index (Phi) is 5.63. The number of carbonyl (C=O) groups excluding carboxylic acids is 1. The molecule has 0 radical (unpaired) electrons. The monoisotopic (exact) mass is 438 g/mol. The maximum Gasteiger partial charge on any atom is 0.277 e. The van der Waals surface area contributed by atoms with E-state index in [-0.39, 0.29) is 17.9 Å². The molecule has 1 amide bonds. The molecular formula is C25H22N6O2. The summed E-state index contributed by atoms with van der Waals surface area (Å²) in [7, 11) is 0. The number of aryl methyl sites for hydroxylation is 1. The van der Waals surface area contributed by atoms with Crippen molar-refractivity contribution in [2.45, 2.75) is 25.4 Å². The number of hydrogen-bond acceptors (Lipinski definition) is 5. The number of fused-ring (bicyclic) bond motifs is 2. The van der Waals surface area contributed by atoms with E-state index in [1.807, 2.05) is 60.7 Å². The summed E-state index contributed by atoms with van der Waals surface area (Å²) in [6, 6.07) is 24.2. The Bertz CT molecular complexity index is 1440. The molecule has 0 saturated carbocycles. The van der Waals surface area contributed by atoms with Crippen molar-refractivity contribution < 1.29 is 4.79 Å². The fourth-order valence-electron chi connectivity index (χ4n) is 3.86. The van der Waals surface area contributed by atoms with E-state index >= 15 is 0 Å². The van der Waals surface area contributed by atoms with Crippen LogP contribution in [0.4, 0.5) is 0 Å². The molecule has 33 heavy (non-hydrogen) atoms. The summed E-state index contributed by atoms with van der Waals surface area (Å²) in [5.41, 5.74) is 3.05. The third-order valence-corrected chi connectivity index (χ3v) is 5.52. The molecule has 8 heteroatoms. The van der Waals surface area contributed by atoms with Gasteiger partial charge in [-0.1, -0.05) is 59.8 Å². The number of rotatable bonds is 7. The molecule has 5 aromatic rings. The SMILES string of the molecule is O=C(CCCn1nnc2ccccc2c1=O)N[C@@H](c1ccccc1)c1nc2ccccc2[nH]1. The fraction of sp³-hybridized carbons (Fsp3) is 0.160. The highest BCUT2D eigenvalue weighted by molar-refractivity contribution is 5.78. The van der Waals surface area contributed by atoms with Gasteiger partial charge in [0.1, 0.15) is 17.4 Å². The maximum absolute atomic E-state index is 12.8. The topological polar surface area (TPSA) is 106 Å². The molecule has 2 aromatic heterocycles. The molecule has 2 N–H and O–H groups in total. The van der Waals surface area contributed by atoms with Gasteiger partial charge in [-0.2, -0.15) is 0 Å². The predicted molar refractivity (Wildman–Crippen MR) is 126 cm³/mol. The maximum atomic E-state index is 12.8. The molecule has 0 aliphatic carbocycles. The predicted octanol–water partition coefficient (Wildman–Crippen LogP) is 3.35. The first-order valence-corrected chi connectivity index (χ1v) is 10.8. The van der Waals surface area contributed by atoms with Crippen molar-refractivity contribution in [2.75, 3.05) is 0 Å². The number of nitrogens with one attached hydrogen (secondary N) is 2. The van der Waals surface area contributed by atoms with Crippen LogP contribution in [0.25, 0.3) is 21.9 Å². The summed E-state index contributed by atoms with van der Waals surface area (Å²) in [5, 5.41) is 11.7. The Morgan fingerprint density at radius 3 is 2.48 bits per heavy atom. The summed E-state index contributed by atoms with van der Waals surface area (Å²) >= 11 is 0. The fourth-order valence-corrected chi connectivity index (χ4v) is 3.86. The number of imidazole rings is 1. The van der Waals surface area contributed by atoms with Crippen LogP contribution in [0.15, 0.2) is 83.7 Å². The summed E-state index contributed by atoms with van der Waals surface area (Å²) in [4.78, 5) is 33.4. The zero-order valence-corrected chi connectivity index (χ0v) is 17.8. The molecule has 2 heterocycles. The van der Waals surface area contributed by atoms with Crippen LogP contribution in [-0.4, -0.2) is 30.9 Å². The lowest BCUT2D eigenvalue weighted by Crippen LogP contribution is -2.30. The molecule has 5 rings (SSSR count). The average molecular weight is 438 g/mol. The number of hydrogen-bond donors (Lipinski definition) is 2. The summed E-state index contributed by atoms with van der Waals surface area (Å²) in [6.45, 7) is 0.310. The summed E-state index contributed by atoms with van der Waals surface area (Å²) < 4.78 is 1.31. The first-order chi connectivity index (χ1) is 16.2. The molecule has 0 aliphatic heterocycles. The van der Waals surface area contributed by atoms with Crippen LogP contribution in [0.5, 0.6) is 0 Å². The van der Waals surface area contributed by atoms with Crippen LogP contribution < -0.4 is 10.9 Å². The molecule has 0 bridgehead atoms. The van der Waals surface area contributed by atoms with E-state index in [0.29, 0.717) is 29.7 Å². The normalized spacial score (nSPS) is 12.1. The van der Waals surface area contributed by atoms with Gasteiger partial charge in [0.05, 0.1) is 16.4 Å². The van der Waals surface area contributed by atoms with Crippen molar-refractivity contribution in [1.82, 2.24) is 30.3 Å². The van der Waals surface area contributed by atoms with Gasteiger partial charge in [-0.15, -0.1) is 5.10 Å². The number of benzene rings is 3. The van der Waals surface area contributed by atoms with Crippen molar-refractivity contribution in [3.05, 3.63) is 101 Å². The largest absolute Gasteiger partial charge is 0.342 e. The van der Waals surface area contributed by atoms with E-state index in [1.54, 1.807) is 18.2 Å².